The summed E-state index contributed by atoms with van der Waals surface area (Å²) in [4.78, 5) is 0.0532. The molecular formula is C6H12N4O2S. The zero-order valence-corrected chi connectivity index (χ0v) is 8.51. The molecule has 0 atom stereocenters. The molecule has 0 saturated carbocycles. The second-order valence-electron chi connectivity index (χ2n) is 2.71. The Hall–Kier alpha value is -1.24. The molecule has 1 aromatic heterocycles. The molecule has 1 aromatic rings. The molecule has 0 unspecified atom stereocenters. The number of aryl methyl sites for hydroxylation is 1. The van der Waals surface area contributed by atoms with E-state index in [1.165, 1.54) is 4.68 Å². The van der Waals surface area contributed by atoms with Crippen molar-refractivity contribution < 1.29 is 8.42 Å². The van der Waals surface area contributed by atoms with Crippen molar-refractivity contribution in [1.82, 2.24) is 9.78 Å². The van der Waals surface area contributed by atoms with Crippen LogP contribution in [0.15, 0.2) is 4.90 Å². The maximum Gasteiger partial charge on any atom is 0.182 e. The van der Waals surface area contributed by atoms with Crippen LogP contribution < -0.4 is 11.1 Å². The normalized spacial score (nSPS) is 11.6. The van der Waals surface area contributed by atoms with Gasteiger partial charge < -0.3 is 11.1 Å². The van der Waals surface area contributed by atoms with Gasteiger partial charge in [0.2, 0.25) is 0 Å². The number of sulfone groups is 1. The summed E-state index contributed by atoms with van der Waals surface area (Å²) < 4.78 is 23.9. The Morgan fingerprint density at radius 1 is 1.54 bits per heavy atom. The molecule has 0 aliphatic heterocycles. The maximum absolute atomic E-state index is 11.3. The highest BCUT2D eigenvalue weighted by molar-refractivity contribution is 7.91. The zero-order valence-electron chi connectivity index (χ0n) is 7.70. The average Bonchev–Trinajstić information content (AvgIpc) is 2.26. The molecule has 0 fully saturated rings. The Bertz CT molecular complexity index is 420. The smallest absolute Gasteiger partial charge is 0.182 e. The van der Waals surface area contributed by atoms with E-state index in [1.807, 2.05) is 0 Å². The van der Waals surface area contributed by atoms with E-state index in [0.717, 1.165) is 6.26 Å². The summed E-state index contributed by atoms with van der Waals surface area (Å²) in [7, 11) is -0.144. The zero-order chi connectivity index (χ0) is 10.2. The number of hydrogen-bond acceptors (Lipinski definition) is 5. The molecule has 7 heteroatoms. The number of hydrogen-bond donors (Lipinski definition) is 2. The second-order valence-corrected chi connectivity index (χ2v) is 4.66. The number of nitrogen functional groups attached to an aromatic ring is 1. The minimum absolute atomic E-state index is 0.0532. The lowest BCUT2D eigenvalue weighted by Gasteiger charge is -1.98. The van der Waals surface area contributed by atoms with Crippen LogP contribution in [0.4, 0.5) is 11.6 Å². The van der Waals surface area contributed by atoms with Gasteiger partial charge in [-0.2, -0.15) is 5.10 Å². The van der Waals surface area contributed by atoms with Crippen LogP contribution >= 0.6 is 0 Å². The fourth-order valence-corrected chi connectivity index (χ4v) is 2.05. The molecule has 0 aromatic carbocycles. The molecule has 6 nitrogen and oxygen atoms in total. The monoisotopic (exact) mass is 204 g/mol. The summed E-state index contributed by atoms with van der Waals surface area (Å²) in [6.45, 7) is 0. The van der Waals surface area contributed by atoms with Gasteiger partial charge in [-0.25, -0.2) is 13.1 Å². The summed E-state index contributed by atoms with van der Waals surface area (Å²) in [6.07, 6.45) is 1.10. The van der Waals surface area contributed by atoms with E-state index in [9.17, 15) is 8.42 Å². The van der Waals surface area contributed by atoms with Crippen LogP contribution in [0.3, 0.4) is 0 Å². The molecule has 0 radical (unpaired) electrons. The van der Waals surface area contributed by atoms with Gasteiger partial charge in [0, 0.05) is 20.4 Å². The molecule has 0 amide bonds. The van der Waals surface area contributed by atoms with Crippen molar-refractivity contribution >= 4 is 21.5 Å². The molecular weight excluding hydrogens is 192 g/mol. The highest BCUT2D eigenvalue weighted by Crippen LogP contribution is 2.25. The van der Waals surface area contributed by atoms with E-state index in [4.69, 9.17) is 5.73 Å². The van der Waals surface area contributed by atoms with E-state index in [0.29, 0.717) is 0 Å². The third-order valence-corrected chi connectivity index (χ3v) is 2.80. The number of aromatic nitrogens is 2. The third kappa shape index (κ3) is 1.59. The molecule has 74 valence electrons. The molecule has 1 rings (SSSR count). The lowest BCUT2D eigenvalue weighted by molar-refractivity contribution is 0.602. The largest absolute Gasteiger partial charge is 0.383 e. The van der Waals surface area contributed by atoms with Gasteiger partial charge in [-0.3, -0.25) is 0 Å². The molecule has 0 aliphatic carbocycles. The fraction of sp³-hybridized carbons (Fsp3) is 0.500. The van der Waals surface area contributed by atoms with Crippen LogP contribution in [-0.4, -0.2) is 31.5 Å². The number of nitrogens with one attached hydrogen (secondary N) is 1. The second kappa shape index (κ2) is 2.91. The summed E-state index contributed by atoms with van der Waals surface area (Å²) in [5.74, 6) is 0.425. The Morgan fingerprint density at radius 2 is 2.08 bits per heavy atom. The van der Waals surface area contributed by atoms with Crippen molar-refractivity contribution in [3.63, 3.8) is 0 Å². The first kappa shape index (κ1) is 9.85. The first-order valence-corrected chi connectivity index (χ1v) is 5.47. The topological polar surface area (TPSA) is 90.0 Å². The van der Waals surface area contributed by atoms with Crippen LogP contribution in [0.2, 0.25) is 0 Å². The minimum Gasteiger partial charge on any atom is -0.383 e. The van der Waals surface area contributed by atoms with E-state index in [2.05, 4.69) is 10.4 Å². The van der Waals surface area contributed by atoms with E-state index >= 15 is 0 Å². The van der Waals surface area contributed by atoms with E-state index < -0.39 is 9.84 Å². The lowest BCUT2D eigenvalue weighted by atomic mass is 10.6. The molecule has 1 heterocycles. The van der Waals surface area contributed by atoms with Gasteiger partial charge in [0.25, 0.3) is 0 Å². The van der Waals surface area contributed by atoms with Crippen molar-refractivity contribution in [1.29, 1.82) is 0 Å². The average molecular weight is 204 g/mol. The molecule has 0 aliphatic rings. The Labute approximate surface area is 76.6 Å². The van der Waals surface area contributed by atoms with Crippen LogP contribution in [-0.2, 0) is 16.9 Å². The van der Waals surface area contributed by atoms with Gasteiger partial charge in [-0.05, 0) is 0 Å². The Morgan fingerprint density at radius 3 is 2.38 bits per heavy atom. The van der Waals surface area contributed by atoms with Crippen LogP contribution in [0.25, 0.3) is 0 Å². The minimum atomic E-state index is -3.33. The van der Waals surface area contributed by atoms with Gasteiger partial charge in [0.1, 0.15) is 5.82 Å². The van der Waals surface area contributed by atoms with E-state index in [-0.39, 0.29) is 16.5 Å². The summed E-state index contributed by atoms with van der Waals surface area (Å²) in [6, 6.07) is 0. The van der Waals surface area contributed by atoms with Crippen molar-refractivity contribution in [2.75, 3.05) is 24.4 Å². The highest BCUT2D eigenvalue weighted by atomic mass is 32.2. The number of nitrogens with zero attached hydrogens (tertiary/aromatic N) is 2. The number of anilines is 2. The summed E-state index contributed by atoms with van der Waals surface area (Å²) in [5, 5.41) is 6.57. The van der Waals surface area contributed by atoms with Crippen LogP contribution in [0.5, 0.6) is 0 Å². The van der Waals surface area contributed by atoms with Crippen molar-refractivity contribution in [3.05, 3.63) is 0 Å². The first-order chi connectivity index (χ1) is 5.88. The van der Waals surface area contributed by atoms with Crippen molar-refractivity contribution in [2.45, 2.75) is 4.90 Å². The van der Waals surface area contributed by atoms with E-state index in [1.54, 1.807) is 14.1 Å². The maximum atomic E-state index is 11.3. The number of nitrogens with two attached hydrogens (primary N) is 1. The number of rotatable bonds is 2. The third-order valence-electron chi connectivity index (χ3n) is 1.65. The highest BCUT2D eigenvalue weighted by Gasteiger charge is 2.21. The Balaban J connectivity index is 3.51. The van der Waals surface area contributed by atoms with Gasteiger partial charge in [-0.15, -0.1) is 0 Å². The predicted molar refractivity (Wildman–Crippen MR) is 50.3 cm³/mol. The van der Waals surface area contributed by atoms with Crippen molar-refractivity contribution in [2.24, 2.45) is 7.05 Å². The standard InChI is InChI=1S/C6H12N4O2S/c1-8-6-4(13(3,11)12)5(7)10(2)9-6/h7H2,1-3H3,(H,8,9). The molecule has 13 heavy (non-hydrogen) atoms. The summed E-state index contributed by atoms with van der Waals surface area (Å²) in [5.41, 5.74) is 5.55. The lowest BCUT2D eigenvalue weighted by Crippen LogP contribution is -2.04. The SMILES string of the molecule is CNc1nn(C)c(N)c1S(C)(=O)=O. The van der Waals surface area contributed by atoms with Gasteiger partial charge in [-0.1, -0.05) is 0 Å². The summed E-state index contributed by atoms with van der Waals surface area (Å²) >= 11 is 0. The van der Waals surface area contributed by atoms with Crippen molar-refractivity contribution in [3.8, 4) is 0 Å². The van der Waals surface area contributed by atoms with Gasteiger partial charge in [0.05, 0.1) is 0 Å². The molecule has 0 saturated heterocycles. The van der Waals surface area contributed by atoms with Crippen LogP contribution in [0, 0.1) is 0 Å². The quantitative estimate of drug-likeness (QED) is 0.674. The molecule has 3 N–H and O–H groups in total. The van der Waals surface area contributed by atoms with Crippen LogP contribution in [0.1, 0.15) is 0 Å². The molecule has 0 spiro atoms. The predicted octanol–water partition coefficient (Wildman–Crippen LogP) is -0.552. The van der Waals surface area contributed by atoms with Gasteiger partial charge in [0.15, 0.2) is 20.6 Å². The first-order valence-electron chi connectivity index (χ1n) is 3.58. The van der Waals surface area contributed by atoms with Gasteiger partial charge >= 0.3 is 0 Å². The fourth-order valence-electron chi connectivity index (χ4n) is 1.05. The Kier molecular flexibility index (Phi) is 2.21. The molecule has 0 bridgehead atoms.